The van der Waals surface area contributed by atoms with E-state index in [4.69, 9.17) is 14.2 Å². The molecule has 38 heavy (non-hydrogen) atoms. The van der Waals surface area contributed by atoms with Crippen molar-refractivity contribution < 1.29 is 32.2 Å². The molecule has 5 rings (SSSR count). The minimum absolute atomic E-state index is 0.0687. The number of aromatic nitrogens is 1. The lowest BCUT2D eigenvalue weighted by Gasteiger charge is -2.18. The van der Waals surface area contributed by atoms with Gasteiger partial charge in [0.15, 0.2) is 12.2 Å². The van der Waals surface area contributed by atoms with E-state index >= 15 is 0 Å². The highest BCUT2D eigenvalue weighted by atomic mass is 19.4. The number of fused-ring (bicyclic) bond motifs is 1. The molecule has 0 unspecified atom stereocenters. The number of rotatable bonds is 7. The zero-order valence-electron chi connectivity index (χ0n) is 20.7. The van der Waals surface area contributed by atoms with E-state index in [2.05, 4.69) is 4.98 Å². The van der Waals surface area contributed by atoms with Crippen LogP contribution in [0.4, 0.5) is 13.2 Å². The minimum Gasteiger partial charge on any atom is -0.487 e. The molecular weight excluding hydrogens is 495 g/mol. The van der Waals surface area contributed by atoms with E-state index in [1.807, 2.05) is 36.4 Å². The maximum atomic E-state index is 13.2. The molecule has 0 spiro atoms. The summed E-state index contributed by atoms with van der Waals surface area (Å²) < 4.78 is 54.1. The number of para-hydroxylation sites is 1. The molecule has 0 aliphatic carbocycles. The van der Waals surface area contributed by atoms with Crippen LogP contribution in [0.5, 0.6) is 11.5 Å². The molecule has 0 fully saturated rings. The molecule has 1 aliphatic rings. The van der Waals surface area contributed by atoms with Crippen LogP contribution in [0, 0.1) is 0 Å². The fourth-order valence-electron chi connectivity index (χ4n) is 4.15. The normalized spacial score (nSPS) is 15.0. The monoisotopic (exact) mass is 519 g/mol. The van der Waals surface area contributed by atoms with Crippen LogP contribution < -0.4 is 9.47 Å². The molecule has 2 heterocycles. The molecule has 8 heteroatoms. The molecule has 1 aromatic heterocycles. The molecule has 0 atom stereocenters. The Morgan fingerprint density at radius 2 is 1.45 bits per heavy atom. The molecule has 0 radical (unpaired) electrons. The summed E-state index contributed by atoms with van der Waals surface area (Å²) in [7, 11) is 0. The summed E-state index contributed by atoms with van der Waals surface area (Å²) in [6.45, 7) is 2.26. The summed E-state index contributed by atoms with van der Waals surface area (Å²) in [6.07, 6.45) is -4.43. The maximum Gasteiger partial charge on any atom is 0.422 e. The summed E-state index contributed by atoms with van der Waals surface area (Å²) in [6, 6.07) is 24.9. The van der Waals surface area contributed by atoms with E-state index in [1.54, 1.807) is 50.2 Å². The van der Waals surface area contributed by atoms with Gasteiger partial charge in [0.1, 0.15) is 23.9 Å². The van der Waals surface area contributed by atoms with Crippen molar-refractivity contribution in [1.82, 2.24) is 4.98 Å². The third-order valence-corrected chi connectivity index (χ3v) is 6.06. The predicted molar refractivity (Wildman–Crippen MR) is 137 cm³/mol. The lowest BCUT2D eigenvalue weighted by Crippen LogP contribution is -2.29. The number of pyridine rings is 1. The summed E-state index contributed by atoms with van der Waals surface area (Å²) >= 11 is 0. The Bertz CT molecular complexity index is 1510. The number of ketones is 1. The maximum absolute atomic E-state index is 13.2. The highest BCUT2D eigenvalue weighted by Crippen LogP contribution is 2.42. The predicted octanol–water partition coefficient (Wildman–Crippen LogP) is 7.00. The quantitative estimate of drug-likeness (QED) is 0.263. The molecule has 1 aliphatic heterocycles. The van der Waals surface area contributed by atoms with Gasteiger partial charge in [-0.25, -0.2) is 4.98 Å². The topological polar surface area (TPSA) is 57.6 Å². The van der Waals surface area contributed by atoms with Crippen LogP contribution in [0.2, 0.25) is 0 Å². The van der Waals surface area contributed by atoms with Crippen LogP contribution in [0.25, 0.3) is 22.2 Å². The van der Waals surface area contributed by atoms with Gasteiger partial charge in [0.05, 0.1) is 16.8 Å². The first kappa shape index (κ1) is 25.3. The van der Waals surface area contributed by atoms with Gasteiger partial charge in [-0.3, -0.25) is 4.79 Å². The number of nitrogens with zero attached hydrogens (tertiary/aromatic N) is 1. The average Bonchev–Trinajstić information content (AvgIpc) is 3.15. The fraction of sp³-hybridized carbons (Fsp3) is 0.200. The van der Waals surface area contributed by atoms with E-state index in [9.17, 15) is 18.0 Å². The van der Waals surface area contributed by atoms with Crippen LogP contribution in [0.1, 0.15) is 30.7 Å². The standard InChI is InChI=1S/C30H24F3NO4/c1-29(2)28(35)26(27(38-29)21-10-15-24(16-11-21)37-18-30(31,32)33)20-8-13-23(14-9-20)36-17-22-12-7-19-5-3-4-6-25(19)34-22/h3-16H,17-18H2,1-2H3. The van der Waals surface area contributed by atoms with Crippen molar-refractivity contribution in [3.63, 3.8) is 0 Å². The molecule has 194 valence electrons. The summed E-state index contributed by atoms with van der Waals surface area (Å²) in [5.74, 6) is 0.845. The highest BCUT2D eigenvalue weighted by Gasteiger charge is 2.42. The first-order valence-corrected chi connectivity index (χ1v) is 12.0. The van der Waals surface area contributed by atoms with E-state index in [0.717, 1.165) is 16.6 Å². The summed E-state index contributed by atoms with van der Waals surface area (Å²) in [5, 5.41) is 1.06. The highest BCUT2D eigenvalue weighted by molar-refractivity contribution is 6.32. The Balaban J connectivity index is 1.35. The first-order valence-electron chi connectivity index (χ1n) is 12.0. The van der Waals surface area contributed by atoms with Crippen molar-refractivity contribution in [2.45, 2.75) is 32.2 Å². The van der Waals surface area contributed by atoms with Crippen LogP contribution in [0.3, 0.4) is 0 Å². The lowest BCUT2D eigenvalue weighted by atomic mass is 9.92. The van der Waals surface area contributed by atoms with Gasteiger partial charge in [-0.05, 0) is 67.9 Å². The third kappa shape index (κ3) is 5.49. The van der Waals surface area contributed by atoms with E-state index in [-0.39, 0.29) is 18.1 Å². The molecule has 0 amide bonds. The lowest BCUT2D eigenvalue weighted by molar-refractivity contribution is -0.153. The molecular formula is C30H24F3NO4. The first-order chi connectivity index (χ1) is 18.1. The number of Topliss-reactive ketones (excluding diaryl/α,β-unsaturated/α-hetero) is 1. The number of hydrogen-bond acceptors (Lipinski definition) is 5. The zero-order valence-corrected chi connectivity index (χ0v) is 20.7. The van der Waals surface area contributed by atoms with Crippen LogP contribution >= 0.6 is 0 Å². The van der Waals surface area contributed by atoms with Gasteiger partial charge in [0.25, 0.3) is 0 Å². The fourth-order valence-corrected chi connectivity index (χ4v) is 4.15. The SMILES string of the molecule is CC1(C)OC(c2ccc(OCC(F)(F)F)cc2)=C(c2ccc(OCc3ccc4ccccc4n3)cc2)C1=O. The van der Waals surface area contributed by atoms with E-state index in [0.29, 0.717) is 28.2 Å². The number of benzene rings is 3. The number of alkyl halides is 3. The van der Waals surface area contributed by atoms with Crippen molar-refractivity contribution in [2.24, 2.45) is 0 Å². The van der Waals surface area contributed by atoms with Crippen molar-refractivity contribution in [2.75, 3.05) is 6.61 Å². The Kier molecular flexibility index (Phi) is 6.57. The number of carbonyl (C=O) groups excluding carboxylic acids is 1. The molecule has 3 aromatic carbocycles. The van der Waals surface area contributed by atoms with Crippen LogP contribution in [-0.2, 0) is 16.1 Å². The second kappa shape index (κ2) is 9.85. The van der Waals surface area contributed by atoms with Gasteiger partial charge >= 0.3 is 6.18 Å². The van der Waals surface area contributed by atoms with Crippen molar-refractivity contribution in [3.8, 4) is 11.5 Å². The van der Waals surface area contributed by atoms with E-state index < -0.39 is 18.4 Å². The molecule has 0 saturated carbocycles. The average molecular weight is 520 g/mol. The zero-order chi connectivity index (χ0) is 26.9. The molecule has 5 nitrogen and oxygen atoms in total. The second-order valence-electron chi connectivity index (χ2n) is 9.38. The van der Waals surface area contributed by atoms with Gasteiger partial charge in [0.2, 0.25) is 5.78 Å². The van der Waals surface area contributed by atoms with E-state index in [1.165, 1.54) is 12.1 Å². The van der Waals surface area contributed by atoms with Gasteiger partial charge in [-0.1, -0.05) is 36.4 Å². The Morgan fingerprint density at radius 3 is 2.13 bits per heavy atom. The molecule has 4 aromatic rings. The Labute approximate surface area is 217 Å². The molecule has 0 N–H and O–H groups in total. The second-order valence-corrected chi connectivity index (χ2v) is 9.38. The van der Waals surface area contributed by atoms with Crippen LogP contribution in [0.15, 0.2) is 84.9 Å². The van der Waals surface area contributed by atoms with Gasteiger partial charge in [-0.2, -0.15) is 13.2 Å². The van der Waals surface area contributed by atoms with Gasteiger partial charge < -0.3 is 14.2 Å². The summed E-state index contributed by atoms with van der Waals surface area (Å²) in [4.78, 5) is 17.8. The van der Waals surface area contributed by atoms with Gasteiger partial charge in [-0.15, -0.1) is 0 Å². The van der Waals surface area contributed by atoms with Crippen molar-refractivity contribution in [3.05, 3.63) is 102 Å². The van der Waals surface area contributed by atoms with Crippen molar-refractivity contribution in [1.29, 1.82) is 0 Å². The van der Waals surface area contributed by atoms with Crippen LogP contribution in [-0.4, -0.2) is 29.2 Å². The van der Waals surface area contributed by atoms with Gasteiger partial charge in [0, 0.05) is 10.9 Å². The molecule has 0 bridgehead atoms. The largest absolute Gasteiger partial charge is 0.487 e. The number of hydrogen-bond donors (Lipinski definition) is 0. The number of carbonyl (C=O) groups is 1. The molecule has 0 saturated heterocycles. The third-order valence-electron chi connectivity index (χ3n) is 6.06. The minimum atomic E-state index is -4.43. The van der Waals surface area contributed by atoms with Crippen molar-refractivity contribution >= 4 is 28.0 Å². The Morgan fingerprint density at radius 1 is 0.816 bits per heavy atom. The summed E-state index contributed by atoms with van der Waals surface area (Å²) in [5.41, 5.74) is 2.19. The Hall–Kier alpha value is -4.33. The number of halogens is 3. The number of ether oxygens (including phenoxy) is 3. The smallest absolute Gasteiger partial charge is 0.422 e.